The van der Waals surface area contributed by atoms with Gasteiger partial charge in [0.15, 0.2) is 5.79 Å². The van der Waals surface area contributed by atoms with E-state index in [2.05, 4.69) is 12.1 Å². The van der Waals surface area contributed by atoms with Gasteiger partial charge in [-0.3, -0.25) is 4.79 Å². The summed E-state index contributed by atoms with van der Waals surface area (Å²) in [6.07, 6.45) is 4.83. The molecule has 3 nitrogen and oxygen atoms in total. The first kappa shape index (κ1) is 13.2. The number of benzene rings is 1. The summed E-state index contributed by atoms with van der Waals surface area (Å²) in [5.41, 5.74) is 2.04. The third-order valence-electron chi connectivity index (χ3n) is 4.04. The Morgan fingerprint density at radius 1 is 1.11 bits per heavy atom. The molecule has 0 N–H and O–H groups in total. The second-order valence-electron chi connectivity index (χ2n) is 4.88. The molecule has 98 valence electrons. The van der Waals surface area contributed by atoms with E-state index in [1.54, 1.807) is 14.2 Å². The Labute approximate surface area is 108 Å². The zero-order chi connectivity index (χ0) is 13.0. The Hall–Kier alpha value is -1.19. The smallest absolute Gasteiger partial charge is 0.167 e. The molecule has 0 spiro atoms. The minimum absolute atomic E-state index is 0.390. The van der Waals surface area contributed by atoms with E-state index < -0.39 is 0 Å². The molecule has 0 aliphatic heterocycles. The molecule has 18 heavy (non-hydrogen) atoms. The van der Waals surface area contributed by atoms with Gasteiger partial charge in [0.05, 0.1) is 0 Å². The molecule has 1 aromatic rings. The van der Waals surface area contributed by atoms with Gasteiger partial charge in [-0.05, 0) is 24.3 Å². The van der Waals surface area contributed by atoms with E-state index >= 15 is 0 Å². The average molecular weight is 248 g/mol. The Bertz CT molecular complexity index is 383. The predicted octanol–water partition coefficient (Wildman–Crippen LogP) is 3.15. The fourth-order valence-corrected chi connectivity index (χ4v) is 2.73. The van der Waals surface area contributed by atoms with Gasteiger partial charge >= 0.3 is 0 Å². The van der Waals surface area contributed by atoms with Crippen LogP contribution in [0.15, 0.2) is 24.3 Å². The number of carbonyl (C=O) groups is 1. The van der Waals surface area contributed by atoms with Gasteiger partial charge in [0.1, 0.15) is 6.29 Å². The summed E-state index contributed by atoms with van der Waals surface area (Å²) in [7, 11) is 3.42. The van der Waals surface area contributed by atoms with E-state index in [0.29, 0.717) is 5.92 Å². The molecule has 0 radical (unpaired) electrons. The average Bonchev–Trinajstić information content (AvgIpc) is 2.47. The maximum Gasteiger partial charge on any atom is 0.167 e. The summed E-state index contributed by atoms with van der Waals surface area (Å²) in [6, 6.07) is 7.88. The van der Waals surface area contributed by atoms with Gasteiger partial charge in [0.2, 0.25) is 0 Å². The van der Waals surface area contributed by atoms with Gasteiger partial charge in [-0.1, -0.05) is 24.3 Å². The quantitative estimate of drug-likeness (QED) is 0.606. The summed E-state index contributed by atoms with van der Waals surface area (Å²) in [4.78, 5) is 10.6. The van der Waals surface area contributed by atoms with Crippen molar-refractivity contribution in [3.8, 4) is 0 Å². The largest absolute Gasteiger partial charge is 0.353 e. The Balaban J connectivity index is 2.02. The van der Waals surface area contributed by atoms with E-state index in [1.807, 2.05) is 12.1 Å². The van der Waals surface area contributed by atoms with Crippen LogP contribution in [0.5, 0.6) is 0 Å². The van der Waals surface area contributed by atoms with E-state index in [4.69, 9.17) is 9.47 Å². The SMILES string of the molecule is COC1(OC)CCC(c2ccc(C=O)cc2)CC1. The van der Waals surface area contributed by atoms with Crippen molar-refractivity contribution < 1.29 is 14.3 Å². The van der Waals surface area contributed by atoms with Crippen molar-refractivity contribution in [2.24, 2.45) is 0 Å². The van der Waals surface area contributed by atoms with E-state index in [9.17, 15) is 4.79 Å². The molecule has 0 amide bonds. The number of hydrogen-bond donors (Lipinski definition) is 0. The number of hydrogen-bond acceptors (Lipinski definition) is 3. The highest BCUT2D eigenvalue weighted by atomic mass is 16.7. The lowest BCUT2D eigenvalue weighted by Gasteiger charge is -2.37. The van der Waals surface area contributed by atoms with Crippen molar-refractivity contribution in [1.82, 2.24) is 0 Å². The van der Waals surface area contributed by atoms with E-state index in [-0.39, 0.29) is 5.79 Å². The monoisotopic (exact) mass is 248 g/mol. The molecular weight excluding hydrogens is 228 g/mol. The third kappa shape index (κ3) is 2.62. The topological polar surface area (TPSA) is 35.5 Å². The highest BCUT2D eigenvalue weighted by Gasteiger charge is 2.35. The molecule has 1 aromatic carbocycles. The molecule has 1 fully saturated rings. The molecular formula is C15H20O3. The fourth-order valence-electron chi connectivity index (χ4n) is 2.73. The summed E-state index contributed by atoms with van der Waals surface area (Å²) in [5, 5.41) is 0. The minimum atomic E-state index is -0.390. The number of aldehydes is 1. The fraction of sp³-hybridized carbons (Fsp3) is 0.533. The van der Waals surface area contributed by atoms with Crippen LogP contribution in [-0.4, -0.2) is 26.3 Å². The van der Waals surface area contributed by atoms with Crippen LogP contribution in [0, 0.1) is 0 Å². The second kappa shape index (κ2) is 5.63. The Morgan fingerprint density at radius 3 is 2.11 bits per heavy atom. The Kier molecular flexibility index (Phi) is 4.15. The summed E-state index contributed by atoms with van der Waals surface area (Å²) in [5.74, 6) is 0.156. The molecule has 1 aliphatic carbocycles. The highest BCUT2D eigenvalue weighted by molar-refractivity contribution is 5.74. The van der Waals surface area contributed by atoms with Crippen molar-refractivity contribution in [1.29, 1.82) is 0 Å². The van der Waals surface area contributed by atoms with Crippen molar-refractivity contribution in [3.05, 3.63) is 35.4 Å². The van der Waals surface area contributed by atoms with Crippen LogP contribution in [0.1, 0.15) is 47.5 Å². The minimum Gasteiger partial charge on any atom is -0.353 e. The lowest BCUT2D eigenvalue weighted by Crippen LogP contribution is -2.37. The van der Waals surface area contributed by atoms with Crippen LogP contribution in [0.25, 0.3) is 0 Å². The van der Waals surface area contributed by atoms with Gasteiger partial charge in [0, 0.05) is 32.6 Å². The molecule has 1 saturated carbocycles. The first-order valence-electron chi connectivity index (χ1n) is 6.38. The normalized spacial score (nSPS) is 19.7. The van der Waals surface area contributed by atoms with Crippen LogP contribution >= 0.6 is 0 Å². The van der Waals surface area contributed by atoms with Crippen LogP contribution in [0.2, 0.25) is 0 Å². The van der Waals surface area contributed by atoms with Gasteiger partial charge in [-0.15, -0.1) is 0 Å². The highest BCUT2D eigenvalue weighted by Crippen LogP contribution is 2.39. The zero-order valence-corrected chi connectivity index (χ0v) is 11.0. The van der Waals surface area contributed by atoms with Crippen molar-refractivity contribution in [3.63, 3.8) is 0 Å². The van der Waals surface area contributed by atoms with Crippen LogP contribution < -0.4 is 0 Å². The molecule has 1 aliphatic rings. The van der Waals surface area contributed by atoms with Gasteiger partial charge in [0.25, 0.3) is 0 Å². The first-order valence-corrected chi connectivity index (χ1v) is 6.38. The number of carbonyl (C=O) groups excluding carboxylic acids is 1. The maximum absolute atomic E-state index is 10.6. The van der Waals surface area contributed by atoms with Gasteiger partial charge < -0.3 is 9.47 Å². The number of ether oxygens (including phenoxy) is 2. The standard InChI is InChI=1S/C15H20O3/c1-17-15(18-2)9-7-14(8-10-15)13-5-3-12(11-16)4-6-13/h3-6,11,14H,7-10H2,1-2H3. The lowest BCUT2D eigenvalue weighted by atomic mass is 9.81. The van der Waals surface area contributed by atoms with E-state index in [1.165, 1.54) is 5.56 Å². The first-order chi connectivity index (χ1) is 8.73. The van der Waals surface area contributed by atoms with Crippen LogP contribution in [0.3, 0.4) is 0 Å². The molecule has 3 heteroatoms. The third-order valence-corrected chi connectivity index (χ3v) is 4.04. The molecule has 0 bridgehead atoms. The maximum atomic E-state index is 10.6. The molecule has 0 atom stereocenters. The van der Waals surface area contributed by atoms with E-state index in [0.717, 1.165) is 37.5 Å². The van der Waals surface area contributed by atoms with Gasteiger partial charge in [-0.25, -0.2) is 0 Å². The van der Waals surface area contributed by atoms with Crippen molar-refractivity contribution >= 4 is 6.29 Å². The summed E-state index contributed by atoms with van der Waals surface area (Å²) >= 11 is 0. The zero-order valence-electron chi connectivity index (χ0n) is 11.0. The summed E-state index contributed by atoms with van der Waals surface area (Å²) in [6.45, 7) is 0. The summed E-state index contributed by atoms with van der Waals surface area (Å²) < 4.78 is 11.0. The predicted molar refractivity (Wildman–Crippen MR) is 69.8 cm³/mol. The number of rotatable bonds is 4. The van der Waals surface area contributed by atoms with Crippen molar-refractivity contribution in [2.45, 2.75) is 37.4 Å². The van der Waals surface area contributed by atoms with Gasteiger partial charge in [-0.2, -0.15) is 0 Å². The second-order valence-corrected chi connectivity index (χ2v) is 4.88. The lowest BCUT2D eigenvalue weighted by molar-refractivity contribution is -0.224. The Morgan fingerprint density at radius 2 is 1.67 bits per heavy atom. The van der Waals surface area contributed by atoms with Crippen LogP contribution in [-0.2, 0) is 9.47 Å². The molecule has 0 aromatic heterocycles. The molecule has 0 heterocycles. The molecule has 2 rings (SSSR count). The molecule has 0 saturated heterocycles. The molecule has 0 unspecified atom stereocenters. The van der Waals surface area contributed by atoms with Crippen molar-refractivity contribution in [2.75, 3.05) is 14.2 Å². The van der Waals surface area contributed by atoms with Crippen LogP contribution in [0.4, 0.5) is 0 Å². The number of methoxy groups -OCH3 is 2.